The third-order valence-electron chi connectivity index (χ3n) is 3.15. The Hall–Kier alpha value is -2.96. The monoisotopic (exact) mass is 336 g/mol. The molecule has 0 radical (unpaired) electrons. The van der Waals surface area contributed by atoms with E-state index in [0.29, 0.717) is 11.5 Å². The number of carbonyl (C=O) groups is 2. The Labute approximate surface area is 136 Å². The number of Topliss-reactive ketones (excluding diaryl/α,β-unsaturated/α-hetero) is 1. The molecule has 2 aromatic carbocycles. The number of methoxy groups -OCH3 is 2. The van der Waals surface area contributed by atoms with Gasteiger partial charge in [-0.3, -0.25) is 4.79 Å². The molecule has 0 saturated heterocycles. The Morgan fingerprint density at radius 1 is 0.958 bits per heavy atom. The molecule has 7 heteroatoms. The number of hydrogen-bond acceptors (Lipinski definition) is 5. The zero-order valence-electron chi connectivity index (χ0n) is 13.0. The lowest BCUT2D eigenvalue weighted by atomic mass is 10.1. The number of carbonyl (C=O) groups excluding carboxylic acids is 2. The summed E-state index contributed by atoms with van der Waals surface area (Å²) in [5.41, 5.74) is -0.385. The number of esters is 1. The molecule has 0 amide bonds. The van der Waals surface area contributed by atoms with E-state index in [1.807, 2.05) is 0 Å². The molecule has 0 atom stereocenters. The predicted octanol–water partition coefficient (Wildman–Crippen LogP) is 3.02. The molecule has 0 aliphatic carbocycles. The Morgan fingerprint density at radius 2 is 1.58 bits per heavy atom. The molecular formula is C17H14F2O5. The lowest BCUT2D eigenvalue weighted by molar-refractivity contribution is 0.0473. The minimum atomic E-state index is -0.888. The van der Waals surface area contributed by atoms with E-state index in [2.05, 4.69) is 0 Å². The van der Waals surface area contributed by atoms with E-state index in [0.717, 1.165) is 18.2 Å². The summed E-state index contributed by atoms with van der Waals surface area (Å²) >= 11 is 0. The maximum atomic E-state index is 13.5. The summed E-state index contributed by atoms with van der Waals surface area (Å²) in [5.74, 6) is -2.59. The van der Waals surface area contributed by atoms with Gasteiger partial charge >= 0.3 is 5.97 Å². The van der Waals surface area contributed by atoms with E-state index in [9.17, 15) is 18.4 Å². The molecule has 126 valence electrons. The van der Waals surface area contributed by atoms with Gasteiger partial charge in [0.05, 0.1) is 25.3 Å². The van der Waals surface area contributed by atoms with Crippen LogP contribution in [0.2, 0.25) is 0 Å². The van der Waals surface area contributed by atoms with Crippen molar-refractivity contribution in [2.45, 2.75) is 0 Å². The summed E-state index contributed by atoms with van der Waals surface area (Å²) in [6.45, 7) is -0.723. The molecule has 2 aromatic rings. The van der Waals surface area contributed by atoms with Gasteiger partial charge in [0, 0.05) is 6.07 Å². The molecular weight excluding hydrogens is 322 g/mol. The van der Waals surface area contributed by atoms with Gasteiger partial charge < -0.3 is 14.2 Å². The second kappa shape index (κ2) is 7.54. The van der Waals surface area contributed by atoms with E-state index in [4.69, 9.17) is 14.2 Å². The summed E-state index contributed by atoms with van der Waals surface area (Å²) in [6.07, 6.45) is 0. The fraction of sp³-hybridized carbons (Fsp3) is 0.176. The van der Waals surface area contributed by atoms with Crippen molar-refractivity contribution in [3.8, 4) is 11.5 Å². The number of ether oxygens (including phenoxy) is 3. The number of hydrogen-bond donors (Lipinski definition) is 0. The first kappa shape index (κ1) is 17.4. The molecule has 0 fully saturated rings. The molecule has 0 aliphatic rings. The summed E-state index contributed by atoms with van der Waals surface area (Å²) < 4.78 is 41.5. The highest BCUT2D eigenvalue weighted by Crippen LogP contribution is 2.23. The number of benzene rings is 2. The maximum absolute atomic E-state index is 13.5. The molecule has 24 heavy (non-hydrogen) atoms. The van der Waals surface area contributed by atoms with E-state index >= 15 is 0 Å². The standard InChI is InChI=1S/C17H14F2O5/c1-22-12-5-10(6-13(8-12)23-2)17(21)24-9-16(20)14-7-11(18)3-4-15(14)19/h3-8H,9H2,1-2H3. The highest BCUT2D eigenvalue weighted by molar-refractivity contribution is 5.99. The molecule has 0 spiro atoms. The van der Waals surface area contributed by atoms with Crippen LogP contribution in [-0.2, 0) is 4.74 Å². The second-order valence-corrected chi connectivity index (χ2v) is 4.72. The topological polar surface area (TPSA) is 61.8 Å². The summed E-state index contributed by atoms with van der Waals surface area (Å²) in [7, 11) is 2.83. The van der Waals surface area contributed by atoms with Gasteiger partial charge in [0.1, 0.15) is 23.1 Å². The van der Waals surface area contributed by atoms with Crippen molar-refractivity contribution in [1.29, 1.82) is 0 Å². The van der Waals surface area contributed by atoms with Crippen molar-refractivity contribution in [1.82, 2.24) is 0 Å². The van der Waals surface area contributed by atoms with Gasteiger partial charge in [0.25, 0.3) is 0 Å². The SMILES string of the molecule is COc1cc(OC)cc(C(=O)OCC(=O)c2cc(F)ccc2F)c1. The van der Waals surface area contributed by atoms with Crippen LogP contribution in [0.1, 0.15) is 20.7 Å². The van der Waals surface area contributed by atoms with Crippen LogP contribution < -0.4 is 9.47 Å². The average Bonchev–Trinajstić information content (AvgIpc) is 2.60. The maximum Gasteiger partial charge on any atom is 0.338 e. The van der Waals surface area contributed by atoms with Gasteiger partial charge in [0.15, 0.2) is 6.61 Å². The van der Waals surface area contributed by atoms with Crippen molar-refractivity contribution in [2.24, 2.45) is 0 Å². The molecule has 0 unspecified atom stereocenters. The second-order valence-electron chi connectivity index (χ2n) is 4.72. The predicted molar refractivity (Wildman–Crippen MR) is 80.5 cm³/mol. The minimum absolute atomic E-state index is 0.0960. The Bertz CT molecular complexity index is 751. The van der Waals surface area contributed by atoms with E-state index in [1.165, 1.54) is 26.4 Å². The van der Waals surface area contributed by atoms with Gasteiger partial charge in [-0.05, 0) is 30.3 Å². The highest BCUT2D eigenvalue weighted by Gasteiger charge is 2.17. The zero-order chi connectivity index (χ0) is 17.7. The van der Waals surface area contributed by atoms with Crippen molar-refractivity contribution >= 4 is 11.8 Å². The molecule has 0 aromatic heterocycles. The summed E-state index contributed by atoms with van der Waals surface area (Å²) in [4.78, 5) is 23.9. The zero-order valence-corrected chi connectivity index (χ0v) is 13.0. The van der Waals surface area contributed by atoms with Gasteiger partial charge in [0.2, 0.25) is 5.78 Å². The Balaban J connectivity index is 2.10. The molecule has 2 rings (SSSR count). The Morgan fingerprint density at radius 3 is 2.17 bits per heavy atom. The average molecular weight is 336 g/mol. The van der Waals surface area contributed by atoms with Crippen LogP contribution in [0.3, 0.4) is 0 Å². The van der Waals surface area contributed by atoms with Crippen LogP contribution in [0.15, 0.2) is 36.4 Å². The van der Waals surface area contributed by atoms with Crippen molar-refractivity contribution in [2.75, 3.05) is 20.8 Å². The van der Waals surface area contributed by atoms with Gasteiger partial charge in [-0.1, -0.05) is 0 Å². The molecule has 0 N–H and O–H groups in total. The molecule has 0 bridgehead atoms. The number of halogens is 2. The third-order valence-corrected chi connectivity index (χ3v) is 3.15. The van der Waals surface area contributed by atoms with E-state index < -0.39 is 35.6 Å². The molecule has 0 heterocycles. The fourth-order valence-corrected chi connectivity index (χ4v) is 1.93. The normalized spacial score (nSPS) is 10.2. The fourth-order valence-electron chi connectivity index (χ4n) is 1.93. The van der Waals surface area contributed by atoms with Crippen LogP contribution in [0, 0.1) is 11.6 Å². The van der Waals surface area contributed by atoms with E-state index in [-0.39, 0.29) is 5.56 Å². The van der Waals surface area contributed by atoms with Crippen LogP contribution in [0.25, 0.3) is 0 Å². The molecule has 5 nitrogen and oxygen atoms in total. The Kier molecular flexibility index (Phi) is 5.47. The number of ketones is 1. The first-order chi connectivity index (χ1) is 11.4. The minimum Gasteiger partial charge on any atom is -0.497 e. The summed E-state index contributed by atoms with van der Waals surface area (Å²) in [6, 6.07) is 6.83. The third kappa shape index (κ3) is 4.07. The lowest BCUT2D eigenvalue weighted by Gasteiger charge is -2.09. The van der Waals surface area contributed by atoms with Crippen LogP contribution in [0.5, 0.6) is 11.5 Å². The smallest absolute Gasteiger partial charge is 0.338 e. The molecule has 0 saturated carbocycles. The van der Waals surface area contributed by atoms with Crippen molar-refractivity contribution in [3.05, 3.63) is 59.2 Å². The van der Waals surface area contributed by atoms with Crippen LogP contribution >= 0.6 is 0 Å². The quantitative estimate of drug-likeness (QED) is 0.599. The first-order valence-corrected chi connectivity index (χ1v) is 6.83. The van der Waals surface area contributed by atoms with Crippen molar-refractivity contribution < 1.29 is 32.6 Å². The number of rotatable bonds is 6. The van der Waals surface area contributed by atoms with Gasteiger partial charge in [-0.15, -0.1) is 0 Å². The van der Waals surface area contributed by atoms with E-state index in [1.54, 1.807) is 6.07 Å². The first-order valence-electron chi connectivity index (χ1n) is 6.83. The lowest BCUT2D eigenvalue weighted by Crippen LogP contribution is -2.15. The highest BCUT2D eigenvalue weighted by atomic mass is 19.1. The van der Waals surface area contributed by atoms with Crippen molar-refractivity contribution in [3.63, 3.8) is 0 Å². The summed E-state index contributed by atoms with van der Waals surface area (Å²) in [5, 5.41) is 0. The molecule has 0 aliphatic heterocycles. The van der Waals surface area contributed by atoms with Gasteiger partial charge in [-0.2, -0.15) is 0 Å². The van der Waals surface area contributed by atoms with Crippen LogP contribution in [-0.4, -0.2) is 32.6 Å². The van der Waals surface area contributed by atoms with Crippen LogP contribution in [0.4, 0.5) is 8.78 Å². The largest absolute Gasteiger partial charge is 0.497 e. The van der Waals surface area contributed by atoms with Gasteiger partial charge in [-0.25, -0.2) is 13.6 Å².